The average molecular weight is 272 g/mol. The number of halogens is 3. The number of carbonyl (C=O) groups excluding carboxylic acids is 1. The standard InChI is InChI=1S/C13H15F3N2O/c14-13(15,16)6-5-12(19)18-7-1-2-9-8-10(17)3-4-11(9)18/h3-4,8H,1-2,5-7,17H2. The molecule has 1 amide bonds. The summed E-state index contributed by atoms with van der Waals surface area (Å²) in [6.45, 7) is 0.466. The van der Waals surface area contributed by atoms with E-state index in [1.54, 1.807) is 18.2 Å². The fraction of sp³-hybridized carbons (Fsp3) is 0.462. The molecule has 2 rings (SSSR count). The summed E-state index contributed by atoms with van der Waals surface area (Å²) >= 11 is 0. The molecule has 1 aromatic rings. The van der Waals surface area contributed by atoms with Gasteiger partial charge in [-0.1, -0.05) is 0 Å². The fourth-order valence-corrected chi connectivity index (χ4v) is 2.26. The van der Waals surface area contributed by atoms with Gasteiger partial charge in [0.25, 0.3) is 0 Å². The first kappa shape index (κ1) is 13.7. The Morgan fingerprint density at radius 1 is 1.37 bits per heavy atom. The Morgan fingerprint density at radius 3 is 2.79 bits per heavy atom. The fourth-order valence-electron chi connectivity index (χ4n) is 2.26. The molecule has 0 aromatic heterocycles. The molecule has 0 unspecified atom stereocenters. The lowest BCUT2D eigenvalue weighted by Crippen LogP contribution is -2.36. The lowest BCUT2D eigenvalue weighted by atomic mass is 10.0. The highest BCUT2D eigenvalue weighted by Crippen LogP contribution is 2.30. The molecule has 0 spiro atoms. The Labute approximate surface area is 109 Å². The number of carbonyl (C=O) groups is 1. The van der Waals surface area contributed by atoms with Crippen LogP contribution < -0.4 is 10.6 Å². The van der Waals surface area contributed by atoms with Crippen molar-refractivity contribution in [3.8, 4) is 0 Å². The molecule has 1 aromatic carbocycles. The third kappa shape index (κ3) is 3.39. The molecule has 0 radical (unpaired) electrons. The first-order valence-electron chi connectivity index (χ1n) is 6.12. The molecule has 6 heteroatoms. The van der Waals surface area contributed by atoms with Crippen molar-refractivity contribution >= 4 is 17.3 Å². The van der Waals surface area contributed by atoms with Crippen LogP contribution in [0.5, 0.6) is 0 Å². The summed E-state index contributed by atoms with van der Waals surface area (Å²) in [6.07, 6.45) is -4.34. The summed E-state index contributed by atoms with van der Waals surface area (Å²) in [7, 11) is 0. The number of anilines is 2. The number of benzene rings is 1. The van der Waals surface area contributed by atoms with Crippen molar-refractivity contribution in [2.45, 2.75) is 31.9 Å². The molecule has 104 valence electrons. The van der Waals surface area contributed by atoms with Gasteiger partial charge < -0.3 is 10.6 Å². The third-order valence-corrected chi connectivity index (χ3v) is 3.15. The van der Waals surface area contributed by atoms with Crippen LogP contribution in [-0.2, 0) is 11.2 Å². The Bertz CT molecular complexity index is 485. The maximum atomic E-state index is 12.1. The zero-order valence-electron chi connectivity index (χ0n) is 10.3. The van der Waals surface area contributed by atoms with E-state index < -0.39 is 24.9 Å². The van der Waals surface area contributed by atoms with E-state index >= 15 is 0 Å². The molecule has 2 N–H and O–H groups in total. The van der Waals surface area contributed by atoms with Crippen molar-refractivity contribution in [3.63, 3.8) is 0 Å². The average Bonchev–Trinajstić information content (AvgIpc) is 2.34. The maximum absolute atomic E-state index is 12.1. The van der Waals surface area contributed by atoms with Gasteiger partial charge in [-0.25, -0.2) is 0 Å². The molecule has 19 heavy (non-hydrogen) atoms. The smallest absolute Gasteiger partial charge is 0.389 e. The molecule has 0 fully saturated rings. The highest BCUT2D eigenvalue weighted by Gasteiger charge is 2.30. The Balaban J connectivity index is 2.13. The highest BCUT2D eigenvalue weighted by atomic mass is 19.4. The number of nitrogens with two attached hydrogens (primary N) is 1. The van der Waals surface area contributed by atoms with Gasteiger partial charge in [0.05, 0.1) is 6.42 Å². The van der Waals surface area contributed by atoms with E-state index in [-0.39, 0.29) is 0 Å². The van der Waals surface area contributed by atoms with E-state index in [0.717, 1.165) is 18.4 Å². The van der Waals surface area contributed by atoms with E-state index in [1.165, 1.54) is 4.90 Å². The van der Waals surface area contributed by atoms with Crippen LogP contribution in [-0.4, -0.2) is 18.6 Å². The summed E-state index contributed by atoms with van der Waals surface area (Å²) < 4.78 is 36.4. The molecular formula is C13H15F3N2O. The predicted molar refractivity (Wildman–Crippen MR) is 66.8 cm³/mol. The van der Waals surface area contributed by atoms with Crippen molar-refractivity contribution in [1.29, 1.82) is 0 Å². The van der Waals surface area contributed by atoms with Crippen molar-refractivity contribution in [2.24, 2.45) is 0 Å². The molecule has 1 heterocycles. The van der Waals surface area contributed by atoms with Crippen LogP contribution in [0.25, 0.3) is 0 Å². The first-order valence-corrected chi connectivity index (χ1v) is 6.12. The molecule has 0 bridgehead atoms. The lowest BCUT2D eigenvalue weighted by Gasteiger charge is -2.30. The van der Waals surface area contributed by atoms with E-state index in [0.29, 0.717) is 17.9 Å². The second-order valence-electron chi connectivity index (χ2n) is 4.65. The monoisotopic (exact) mass is 272 g/mol. The summed E-state index contributed by atoms with van der Waals surface area (Å²) in [5, 5.41) is 0. The number of alkyl halides is 3. The summed E-state index contributed by atoms with van der Waals surface area (Å²) in [5.74, 6) is -0.483. The highest BCUT2D eigenvalue weighted by molar-refractivity contribution is 5.94. The summed E-state index contributed by atoms with van der Waals surface area (Å²) in [4.78, 5) is 13.3. The molecular weight excluding hydrogens is 257 g/mol. The van der Waals surface area contributed by atoms with Gasteiger partial charge in [-0.3, -0.25) is 4.79 Å². The van der Waals surface area contributed by atoms with Crippen molar-refractivity contribution < 1.29 is 18.0 Å². The van der Waals surface area contributed by atoms with Crippen LogP contribution in [0.1, 0.15) is 24.8 Å². The minimum atomic E-state index is -4.30. The van der Waals surface area contributed by atoms with Gasteiger partial charge >= 0.3 is 6.18 Å². The topological polar surface area (TPSA) is 46.3 Å². The zero-order chi connectivity index (χ0) is 14.0. The first-order chi connectivity index (χ1) is 8.87. The number of hydrogen-bond acceptors (Lipinski definition) is 2. The van der Waals surface area contributed by atoms with Crippen LogP contribution in [0.4, 0.5) is 24.5 Å². The second kappa shape index (κ2) is 5.11. The third-order valence-electron chi connectivity index (χ3n) is 3.15. The molecule has 1 aliphatic heterocycles. The number of nitrogens with zero attached hydrogens (tertiary/aromatic N) is 1. The Hall–Kier alpha value is -1.72. The normalized spacial score (nSPS) is 15.2. The van der Waals surface area contributed by atoms with E-state index in [1.807, 2.05) is 0 Å². The molecule has 0 saturated carbocycles. The van der Waals surface area contributed by atoms with Gasteiger partial charge in [-0.2, -0.15) is 13.2 Å². The van der Waals surface area contributed by atoms with E-state index in [4.69, 9.17) is 5.73 Å². The van der Waals surface area contributed by atoms with E-state index in [2.05, 4.69) is 0 Å². The van der Waals surface area contributed by atoms with Gasteiger partial charge in [0.15, 0.2) is 0 Å². The van der Waals surface area contributed by atoms with Gasteiger partial charge in [-0.05, 0) is 36.6 Å². The number of fused-ring (bicyclic) bond motifs is 1. The van der Waals surface area contributed by atoms with Crippen LogP contribution in [0.2, 0.25) is 0 Å². The number of amides is 1. The SMILES string of the molecule is Nc1ccc2c(c1)CCCN2C(=O)CCC(F)(F)F. The van der Waals surface area contributed by atoms with Crippen LogP contribution >= 0.6 is 0 Å². The summed E-state index contributed by atoms with van der Waals surface area (Å²) in [6, 6.07) is 5.14. The largest absolute Gasteiger partial charge is 0.399 e. The van der Waals surface area contributed by atoms with Crippen molar-refractivity contribution in [1.82, 2.24) is 0 Å². The zero-order valence-corrected chi connectivity index (χ0v) is 10.3. The molecule has 0 atom stereocenters. The summed E-state index contributed by atoms with van der Waals surface area (Å²) in [5.41, 5.74) is 7.88. The van der Waals surface area contributed by atoms with Crippen LogP contribution in [0.3, 0.4) is 0 Å². The minimum absolute atomic E-state index is 0.466. The van der Waals surface area contributed by atoms with Crippen LogP contribution in [0.15, 0.2) is 18.2 Å². The van der Waals surface area contributed by atoms with Crippen LogP contribution in [0, 0.1) is 0 Å². The number of rotatable bonds is 2. The predicted octanol–water partition coefficient (Wildman–Crippen LogP) is 2.89. The van der Waals surface area contributed by atoms with Gasteiger partial charge in [-0.15, -0.1) is 0 Å². The van der Waals surface area contributed by atoms with Crippen molar-refractivity contribution in [3.05, 3.63) is 23.8 Å². The molecule has 0 saturated heterocycles. The number of hydrogen-bond donors (Lipinski definition) is 1. The molecule has 0 aliphatic carbocycles. The van der Waals surface area contributed by atoms with Crippen molar-refractivity contribution in [2.75, 3.05) is 17.2 Å². The second-order valence-corrected chi connectivity index (χ2v) is 4.65. The number of aryl methyl sites for hydroxylation is 1. The molecule has 1 aliphatic rings. The van der Waals surface area contributed by atoms with Gasteiger partial charge in [0, 0.05) is 24.3 Å². The van der Waals surface area contributed by atoms with Gasteiger partial charge in [0.2, 0.25) is 5.91 Å². The minimum Gasteiger partial charge on any atom is -0.399 e. The molecule has 3 nitrogen and oxygen atoms in total. The van der Waals surface area contributed by atoms with Gasteiger partial charge in [0.1, 0.15) is 0 Å². The Kier molecular flexibility index (Phi) is 3.68. The lowest BCUT2D eigenvalue weighted by molar-refractivity contribution is -0.143. The van der Waals surface area contributed by atoms with E-state index in [9.17, 15) is 18.0 Å². The quantitative estimate of drug-likeness (QED) is 0.841. The maximum Gasteiger partial charge on any atom is 0.389 e. The number of nitrogen functional groups attached to an aromatic ring is 1. The Morgan fingerprint density at radius 2 is 2.11 bits per heavy atom.